The Morgan fingerprint density at radius 1 is 0.873 bits per heavy atom. The third-order valence-corrected chi connectivity index (χ3v) is 10.1. The predicted octanol–water partition coefficient (Wildman–Crippen LogP) is 4.92. The molecule has 3 aromatic carbocycles. The van der Waals surface area contributed by atoms with Gasteiger partial charge in [0.05, 0.1) is 0 Å². The Kier molecular flexibility index (Phi) is 12.6. The van der Waals surface area contributed by atoms with Crippen molar-refractivity contribution in [1.29, 1.82) is 0 Å². The van der Waals surface area contributed by atoms with E-state index in [-0.39, 0.29) is 36.0 Å². The Labute approximate surface area is 321 Å². The molecule has 14 nitrogen and oxygen atoms in total. The van der Waals surface area contributed by atoms with Crippen molar-refractivity contribution in [3.63, 3.8) is 0 Å². The molecule has 1 aromatic heterocycles. The average Bonchev–Trinajstić information content (AvgIpc) is 3.72. The van der Waals surface area contributed by atoms with Crippen LogP contribution in [-0.2, 0) is 20.7 Å². The molecule has 0 bridgehead atoms. The monoisotopic (exact) mass is 749 g/mol. The number of tetrazole rings is 1. The van der Waals surface area contributed by atoms with Gasteiger partial charge in [-0.1, -0.05) is 36.4 Å². The first-order chi connectivity index (χ1) is 26.4. The number of hydrogen-bond acceptors (Lipinski definition) is 9. The number of likely N-dealkylation sites (N-methyl/N-ethyl adjacent to an activating group) is 1. The van der Waals surface area contributed by atoms with Gasteiger partial charge >= 0.3 is 6.09 Å². The van der Waals surface area contributed by atoms with Crippen LogP contribution in [0, 0.1) is 11.8 Å². The number of aromatic nitrogens is 4. The second kappa shape index (κ2) is 17.7. The highest BCUT2D eigenvalue weighted by Gasteiger charge is 2.30. The molecule has 1 atom stereocenters. The van der Waals surface area contributed by atoms with Gasteiger partial charge in [-0.15, -0.1) is 10.2 Å². The van der Waals surface area contributed by atoms with Crippen LogP contribution in [0.3, 0.4) is 0 Å². The molecule has 0 radical (unpaired) electrons. The molecule has 0 unspecified atom stereocenters. The molecule has 2 aliphatic rings. The molecule has 55 heavy (non-hydrogen) atoms. The van der Waals surface area contributed by atoms with Crippen molar-refractivity contribution in [1.82, 2.24) is 41.1 Å². The highest BCUT2D eigenvalue weighted by molar-refractivity contribution is 5.98. The van der Waals surface area contributed by atoms with Crippen LogP contribution in [0.25, 0.3) is 22.5 Å². The van der Waals surface area contributed by atoms with Gasteiger partial charge in [0.2, 0.25) is 17.6 Å². The SMILES string of the molecule is CN1CCN(C(=O)c2cccc(-c3cccc(C[C@H](NC(=O)C4CCC(CNC(=O)OC(C)(C)C)CC4)C(=O)Nc4ccc(-c5nn[nH]n5)cc4)c3)c2)CC1. The van der Waals surface area contributed by atoms with Gasteiger partial charge < -0.3 is 30.5 Å². The number of piperazine rings is 1. The summed E-state index contributed by atoms with van der Waals surface area (Å²) in [5.41, 5.74) is 4.02. The topological polar surface area (TPSA) is 175 Å². The maximum absolute atomic E-state index is 13.9. The fraction of sp³-hybridized carbons (Fsp3) is 0.439. The second-order valence-electron chi connectivity index (χ2n) is 15.5. The van der Waals surface area contributed by atoms with Gasteiger partial charge in [0, 0.05) is 61.9 Å². The zero-order valence-corrected chi connectivity index (χ0v) is 32.0. The van der Waals surface area contributed by atoms with E-state index in [9.17, 15) is 19.2 Å². The highest BCUT2D eigenvalue weighted by Crippen LogP contribution is 2.29. The normalized spacial score (nSPS) is 18.2. The minimum Gasteiger partial charge on any atom is -0.444 e. The Morgan fingerprint density at radius 2 is 1.56 bits per heavy atom. The van der Waals surface area contributed by atoms with Crippen LogP contribution in [0.15, 0.2) is 72.8 Å². The number of ether oxygens (including phenoxy) is 1. The summed E-state index contributed by atoms with van der Waals surface area (Å²) in [5, 5.41) is 23.0. The van der Waals surface area contributed by atoms with E-state index in [0.717, 1.165) is 48.2 Å². The molecular formula is C41H51N9O5. The van der Waals surface area contributed by atoms with Crippen LogP contribution in [0.2, 0.25) is 0 Å². The molecular weight excluding hydrogens is 699 g/mol. The van der Waals surface area contributed by atoms with Crippen molar-refractivity contribution in [2.24, 2.45) is 11.8 Å². The van der Waals surface area contributed by atoms with Gasteiger partial charge in [-0.3, -0.25) is 14.4 Å². The zero-order chi connectivity index (χ0) is 39.0. The Hall–Kier alpha value is -5.63. The lowest BCUT2D eigenvalue weighted by atomic mass is 9.81. The maximum Gasteiger partial charge on any atom is 0.407 e. The molecule has 2 heterocycles. The third kappa shape index (κ3) is 11.0. The van der Waals surface area contributed by atoms with Crippen molar-refractivity contribution in [2.75, 3.05) is 45.1 Å². The average molecular weight is 750 g/mol. The van der Waals surface area contributed by atoms with E-state index in [1.807, 2.05) is 74.2 Å². The van der Waals surface area contributed by atoms with Crippen molar-refractivity contribution in [3.05, 3.63) is 83.9 Å². The minimum absolute atomic E-state index is 0.0178. The fourth-order valence-corrected chi connectivity index (χ4v) is 7.02. The van der Waals surface area contributed by atoms with E-state index in [1.165, 1.54) is 0 Å². The second-order valence-corrected chi connectivity index (χ2v) is 15.5. The number of carbonyl (C=O) groups excluding carboxylic acids is 4. The van der Waals surface area contributed by atoms with Gasteiger partial charge in [-0.05, 0) is 118 Å². The lowest BCUT2D eigenvalue weighted by molar-refractivity contribution is -0.130. The lowest BCUT2D eigenvalue weighted by Gasteiger charge is -2.32. The number of hydrogen-bond donors (Lipinski definition) is 4. The van der Waals surface area contributed by atoms with E-state index >= 15 is 0 Å². The van der Waals surface area contributed by atoms with E-state index in [0.29, 0.717) is 49.6 Å². The quantitative estimate of drug-likeness (QED) is 0.166. The first-order valence-corrected chi connectivity index (χ1v) is 19.0. The number of nitrogens with one attached hydrogen (secondary N) is 4. The summed E-state index contributed by atoms with van der Waals surface area (Å²) in [6.07, 6.45) is 2.66. The molecule has 1 aliphatic carbocycles. The number of aromatic amines is 1. The smallest absolute Gasteiger partial charge is 0.407 e. The van der Waals surface area contributed by atoms with E-state index in [2.05, 4.69) is 48.5 Å². The summed E-state index contributed by atoms with van der Waals surface area (Å²) in [6.45, 7) is 9.05. The number of amides is 4. The summed E-state index contributed by atoms with van der Waals surface area (Å²) in [7, 11) is 2.06. The predicted molar refractivity (Wildman–Crippen MR) is 209 cm³/mol. The van der Waals surface area contributed by atoms with Crippen LogP contribution in [0.4, 0.5) is 10.5 Å². The summed E-state index contributed by atoms with van der Waals surface area (Å²) < 4.78 is 5.36. The summed E-state index contributed by atoms with van der Waals surface area (Å²) in [5.74, 6) is -0.0754. The van der Waals surface area contributed by atoms with Crippen LogP contribution in [0.1, 0.15) is 62.4 Å². The Morgan fingerprint density at radius 3 is 2.24 bits per heavy atom. The van der Waals surface area contributed by atoms with Gasteiger partial charge in [-0.2, -0.15) is 5.21 Å². The van der Waals surface area contributed by atoms with Gasteiger partial charge in [0.25, 0.3) is 5.91 Å². The summed E-state index contributed by atoms with van der Waals surface area (Å²) in [4.78, 5) is 57.3. The molecule has 2 fully saturated rings. The molecule has 290 valence electrons. The molecule has 0 spiro atoms. The van der Waals surface area contributed by atoms with E-state index in [1.54, 1.807) is 24.3 Å². The maximum atomic E-state index is 13.9. The third-order valence-electron chi connectivity index (χ3n) is 10.1. The Balaban J connectivity index is 1.14. The number of H-pyrrole nitrogens is 1. The number of nitrogens with zero attached hydrogens (tertiary/aromatic N) is 5. The Bertz CT molecular complexity index is 1930. The van der Waals surface area contributed by atoms with Gasteiger partial charge in [-0.25, -0.2) is 4.79 Å². The van der Waals surface area contributed by atoms with Crippen molar-refractivity contribution >= 4 is 29.5 Å². The molecule has 1 saturated heterocycles. The van der Waals surface area contributed by atoms with Crippen LogP contribution >= 0.6 is 0 Å². The fourth-order valence-electron chi connectivity index (χ4n) is 7.02. The van der Waals surface area contributed by atoms with Crippen LogP contribution in [-0.4, -0.2) is 106 Å². The standard InChI is InChI=1S/C41H51N9O5/c1-41(2,3)55-40(54)42-26-27-11-13-30(14-12-27)37(51)44-35(38(52)43-34-17-15-29(16-18-34)36-45-47-48-46-36)24-28-7-5-8-31(23-28)32-9-6-10-33(25-32)39(53)50-21-19-49(4)20-22-50/h5-10,15-18,23,25,27,30,35H,11-14,19-22,24,26H2,1-4H3,(H,42,54)(H,43,52)(H,44,51)(H,45,46,47,48)/t27?,30?,35-/m0/s1. The van der Waals surface area contributed by atoms with Gasteiger partial charge in [0.1, 0.15) is 11.6 Å². The van der Waals surface area contributed by atoms with Gasteiger partial charge in [0.15, 0.2) is 0 Å². The molecule has 6 rings (SSSR count). The minimum atomic E-state index is -0.865. The number of anilines is 1. The molecule has 4 aromatic rings. The highest BCUT2D eigenvalue weighted by atomic mass is 16.6. The van der Waals surface area contributed by atoms with E-state index in [4.69, 9.17) is 4.74 Å². The first kappa shape index (κ1) is 39.1. The first-order valence-electron chi connectivity index (χ1n) is 19.0. The van der Waals surface area contributed by atoms with Crippen LogP contribution in [0.5, 0.6) is 0 Å². The molecule has 4 N–H and O–H groups in total. The van der Waals surface area contributed by atoms with Crippen molar-refractivity contribution < 1.29 is 23.9 Å². The number of alkyl carbamates (subject to hydrolysis) is 1. The largest absolute Gasteiger partial charge is 0.444 e. The zero-order valence-electron chi connectivity index (χ0n) is 32.0. The molecule has 4 amide bonds. The number of benzene rings is 3. The van der Waals surface area contributed by atoms with Crippen molar-refractivity contribution in [3.8, 4) is 22.5 Å². The number of carbonyl (C=O) groups is 4. The van der Waals surface area contributed by atoms with Crippen molar-refractivity contribution in [2.45, 2.75) is 64.5 Å². The molecule has 14 heteroatoms. The molecule has 1 saturated carbocycles. The number of rotatable bonds is 11. The summed E-state index contributed by atoms with van der Waals surface area (Å²) in [6, 6.07) is 21.7. The van der Waals surface area contributed by atoms with E-state index < -0.39 is 17.7 Å². The summed E-state index contributed by atoms with van der Waals surface area (Å²) >= 11 is 0. The lowest BCUT2D eigenvalue weighted by Crippen LogP contribution is -2.48. The van der Waals surface area contributed by atoms with Crippen LogP contribution < -0.4 is 16.0 Å². The molecule has 1 aliphatic heterocycles.